The number of rotatable bonds is 10. The monoisotopic (exact) mass is 308 g/mol. The predicted molar refractivity (Wildman–Crippen MR) is 93.4 cm³/mol. The third kappa shape index (κ3) is 9.46. The number of carbonyl (C=O) groups excluding carboxylic acids is 2. The van der Waals surface area contributed by atoms with Crippen LogP contribution in [-0.4, -0.2) is 24.8 Å². The van der Waals surface area contributed by atoms with Crippen LogP contribution in [0.15, 0.2) is 30.3 Å². The van der Waals surface area contributed by atoms with Crippen molar-refractivity contribution in [2.24, 2.45) is 0 Å². The highest BCUT2D eigenvalue weighted by atomic mass is 16.5. The smallest absolute Gasteiger partial charge is 0.162 e. The van der Waals surface area contributed by atoms with E-state index in [2.05, 4.69) is 0 Å². The summed E-state index contributed by atoms with van der Waals surface area (Å²) in [5, 5.41) is 0. The van der Waals surface area contributed by atoms with E-state index in [1.54, 1.807) is 14.0 Å². The first kappa shape index (κ1) is 22.8. The first-order valence-electron chi connectivity index (χ1n) is 7.24. The fourth-order valence-corrected chi connectivity index (χ4v) is 2.23. The maximum atomic E-state index is 11.9. The van der Waals surface area contributed by atoms with Crippen molar-refractivity contribution < 1.29 is 14.3 Å². The van der Waals surface area contributed by atoms with Gasteiger partial charge in [-0.1, -0.05) is 58.0 Å². The molecule has 0 spiro atoms. The first-order valence-corrected chi connectivity index (χ1v) is 7.24. The van der Waals surface area contributed by atoms with Gasteiger partial charge in [0.1, 0.15) is 5.78 Å². The Kier molecular flexibility index (Phi) is 13.7. The van der Waals surface area contributed by atoms with Gasteiger partial charge in [-0.05, 0) is 19.8 Å². The Morgan fingerprint density at radius 3 is 2.23 bits per heavy atom. The van der Waals surface area contributed by atoms with Crippen LogP contribution in [0.4, 0.5) is 0 Å². The molecule has 0 N–H and O–H groups in total. The average molecular weight is 308 g/mol. The van der Waals surface area contributed by atoms with E-state index in [9.17, 15) is 9.59 Å². The highest BCUT2D eigenvalue weighted by Gasteiger charge is 2.10. The second kappa shape index (κ2) is 13.2. The minimum absolute atomic E-state index is 0. The lowest BCUT2D eigenvalue weighted by atomic mass is 10.0. The summed E-state index contributed by atoms with van der Waals surface area (Å²) in [4.78, 5) is 22.9. The van der Waals surface area contributed by atoms with Gasteiger partial charge in [0, 0.05) is 25.5 Å². The van der Waals surface area contributed by atoms with Crippen molar-refractivity contribution in [3.8, 4) is 0 Å². The van der Waals surface area contributed by atoms with Crippen LogP contribution >= 0.6 is 0 Å². The quantitative estimate of drug-likeness (QED) is 0.447. The van der Waals surface area contributed by atoms with Gasteiger partial charge in [0.05, 0.1) is 6.10 Å². The molecule has 0 aliphatic carbocycles. The number of ketones is 2. The summed E-state index contributed by atoms with van der Waals surface area (Å²) in [6.45, 7) is 1.59. The molecule has 1 rings (SSSR count). The molecule has 1 aromatic carbocycles. The van der Waals surface area contributed by atoms with Crippen molar-refractivity contribution in [2.45, 2.75) is 66.4 Å². The Hall–Kier alpha value is -1.48. The molecule has 1 aromatic rings. The SMILES string of the molecule is C.C.COC(CCCCCC(=O)c1ccccc1)CC(C)=O. The lowest BCUT2D eigenvalue weighted by molar-refractivity contribution is -0.119. The number of unbranched alkanes of at least 4 members (excludes halogenated alkanes) is 2. The number of methoxy groups -OCH3 is 1. The Morgan fingerprint density at radius 1 is 1.05 bits per heavy atom. The summed E-state index contributed by atoms with van der Waals surface area (Å²) in [5.74, 6) is 0.369. The van der Waals surface area contributed by atoms with Crippen LogP contribution in [0.2, 0.25) is 0 Å². The second-order valence-electron chi connectivity index (χ2n) is 5.15. The third-order valence-electron chi connectivity index (χ3n) is 3.37. The molecule has 0 bridgehead atoms. The number of Topliss-reactive ketones (excluding diaryl/α,β-unsaturated/α-hetero) is 2. The zero-order valence-electron chi connectivity index (χ0n) is 12.4. The number of carbonyl (C=O) groups is 2. The fraction of sp³-hybridized carbons (Fsp3) is 0.579. The van der Waals surface area contributed by atoms with Gasteiger partial charge in [-0.15, -0.1) is 0 Å². The van der Waals surface area contributed by atoms with Gasteiger partial charge in [0.2, 0.25) is 0 Å². The minimum atomic E-state index is 0. The van der Waals surface area contributed by atoms with Crippen molar-refractivity contribution in [3.05, 3.63) is 35.9 Å². The summed E-state index contributed by atoms with van der Waals surface area (Å²) in [6, 6.07) is 9.40. The molecule has 1 unspecified atom stereocenters. The van der Waals surface area contributed by atoms with Crippen LogP contribution in [0, 0.1) is 0 Å². The molecule has 0 aromatic heterocycles. The Balaban J connectivity index is 0. The largest absolute Gasteiger partial charge is 0.381 e. The summed E-state index contributed by atoms with van der Waals surface area (Å²) in [6.07, 6.45) is 4.87. The molecule has 0 fully saturated rings. The second-order valence-corrected chi connectivity index (χ2v) is 5.15. The number of benzene rings is 1. The summed E-state index contributed by atoms with van der Waals surface area (Å²) < 4.78 is 5.27. The van der Waals surface area contributed by atoms with E-state index >= 15 is 0 Å². The Labute approximate surface area is 136 Å². The van der Waals surface area contributed by atoms with Crippen LogP contribution in [0.25, 0.3) is 0 Å². The normalized spacial score (nSPS) is 11.0. The standard InChI is InChI=1S/C17H24O3.2CH4/c1-14(18)13-16(20-2)11-7-4-8-12-17(19)15-9-5-3-6-10-15;;/h3,5-6,9-10,16H,4,7-8,11-13H2,1-2H3;2*1H4. The van der Waals surface area contributed by atoms with Crippen molar-refractivity contribution in [2.75, 3.05) is 7.11 Å². The molecule has 0 heterocycles. The maximum Gasteiger partial charge on any atom is 0.162 e. The van der Waals surface area contributed by atoms with E-state index in [0.29, 0.717) is 12.8 Å². The molecule has 3 nitrogen and oxygen atoms in total. The summed E-state index contributed by atoms with van der Waals surface area (Å²) >= 11 is 0. The molecular formula is C19H32O3. The number of ether oxygens (including phenoxy) is 1. The molecule has 0 aliphatic rings. The van der Waals surface area contributed by atoms with E-state index in [0.717, 1.165) is 31.2 Å². The lowest BCUT2D eigenvalue weighted by Crippen LogP contribution is -2.14. The van der Waals surface area contributed by atoms with Gasteiger partial charge in [0.25, 0.3) is 0 Å². The summed E-state index contributed by atoms with van der Waals surface area (Å²) in [7, 11) is 1.65. The van der Waals surface area contributed by atoms with Crippen molar-refractivity contribution in [1.29, 1.82) is 0 Å². The lowest BCUT2D eigenvalue weighted by Gasteiger charge is -2.13. The van der Waals surface area contributed by atoms with E-state index in [4.69, 9.17) is 4.74 Å². The first-order chi connectivity index (χ1) is 9.63. The number of hydrogen-bond acceptors (Lipinski definition) is 3. The molecule has 0 saturated heterocycles. The zero-order chi connectivity index (χ0) is 14.8. The molecule has 0 saturated carbocycles. The zero-order valence-corrected chi connectivity index (χ0v) is 12.4. The van der Waals surface area contributed by atoms with Gasteiger partial charge in [-0.25, -0.2) is 0 Å². The maximum absolute atomic E-state index is 11.9. The highest BCUT2D eigenvalue weighted by molar-refractivity contribution is 5.95. The van der Waals surface area contributed by atoms with E-state index in [1.807, 2.05) is 30.3 Å². The predicted octanol–water partition coefficient (Wildman–Crippen LogP) is 5.09. The van der Waals surface area contributed by atoms with Crippen molar-refractivity contribution >= 4 is 11.6 Å². The molecule has 22 heavy (non-hydrogen) atoms. The Morgan fingerprint density at radius 2 is 1.68 bits per heavy atom. The highest BCUT2D eigenvalue weighted by Crippen LogP contribution is 2.13. The van der Waals surface area contributed by atoms with Crippen LogP contribution in [0.3, 0.4) is 0 Å². The molecule has 1 atom stereocenters. The van der Waals surface area contributed by atoms with Crippen LogP contribution in [-0.2, 0) is 9.53 Å². The molecule has 0 radical (unpaired) electrons. The molecule has 0 aliphatic heterocycles. The third-order valence-corrected chi connectivity index (χ3v) is 3.37. The van der Waals surface area contributed by atoms with E-state index in [1.165, 1.54) is 0 Å². The van der Waals surface area contributed by atoms with Crippen molar-refractivity contribution in [3.63, 3.8) is 0 Å². The molecule has 3 heteroatoms. The van der Waals surface area contributed by atoms with E-state index in [-0.39, 0.29) is 32.5 Å². The summed E-state index contributed by atoms with van der Waals surface area (Å²) in [5.41, 5.74) is 0.791. The van der Waals surface area contributed by atoms with Crippen LogP contribution < -0.4 is 0 Å². The van der Waals surface area contributed by atoms with Gasteiger partial charge in [0.15, 0.2) is 5.78 Å². The molecule has 0 amide bonds. The van der Waals surface area contributed by atoms with Crippen LogP contribution in [0.5, 0.6) is 0 Å². The average Bonchev–Trinajstić information content (AvgIpc) is 2.46. The Bertz CT molecular complexity index is 412. The molecular weight excluding hydrogens is 276 g/mol. The fourth-order valence-electron chi connectivity index (χ4n) is 2.23. The van der Waals surface area contributed by atoms with E-state index < -0.39 is 0 Å². The van der Waals surface area contributed by atoms with Crippen LogP contribution in [0.1, 0.15) is 70.7 Å². The molecule has 126 valence electrons. The van der Waals surface area contributed by atoms with Gasteiger partial charge >= 0.3 is 0 Å². The van der Waals surface area contributed by atoms with Crippen molar-refractivity contribution in [1.82, 2.24) is 0 Å². The number of hydrogen-bond donors (Lipinski definition) is 0. The topological polar surface area (TPSA) is 43.4 Å². The minimum Gasteiger partial charge on any atom is -0.381 e. The van der Waals surface area contributed by atoms with Gasteiger partial charge < -0.3 is 4.74 Å². The van der Waals surface area contributed by atoms with Gasteiger partial charge in [-0.2, -0.15) is 0 Å². The van der Waals surface area contributed by atoms with Gasteiger partial charge in [-0.3, -0.25) is 9.59 Å².